The zero-order valence-electron chi connectivity index (χ0n) is 73.0. The van der Waals surface area contributed by atoms with Crippen molar-refractivity contribution in [2.45, 2.75) is 118 Å². The van der Waals surface area contributed by atoms with Crippen LogP contribution in [0.3, 0.4) is 0 Å². The Morgan fingerprint density at radius 2 is 0.685 bits per heavy atom. The van der Waals surface area contributed by atoms with Crippen LogP contribution in [0.4, 0.5) is 36.6 Å². The summed E-state index contributed by atoms with van der Waals surface area (Å²) >= 11 is 40.1. The van der Waals surface area contributed by atoms with Crippen LogP contribution in [0.5, 0.6) is 0 Å². The van der Waals surface area contributed by atoms with Crippen LogP contribution in [0.2, 0.25) is 35.2 Å². The lowest BCUT2D eigenvalue weighted by Gasteiger charge is -2.08. The summed E-state index contributed by atoms with van der Waals surface area (Å²) in [5.74, 6) is -6.25. The minimum Gasteiger partial charge on any atom is -0.383 e. The van der Waals surface area contributed by atoms with Gasteiger partial charge in [-0.1, -0.05) is 230 Å². The molecular weight excluding hydrogens is 1840 g/mol. The number of carbonyl (C=O) groups excluding carboxylic acids is 7. The molecule has 0 spiro atoms. The monoisotopic (exact) mass is 1920 g/mol. The third-order valence-electron chi connectivity index (χ3n) is 18.9. The van der Waals surface area contributed by atoms with Gasteiger partial charge in [-0.25, -0.2) is 63.5 Å². The van der Waals surface area contributed by atoms with Crippen LogP contribution in [0.1, 0.15) is 187 Å². The molecule has 0 atom stereocenters. The Morgan fingerprint density at radius 1 is 0.323 bits per heavy atom. The minimum atomic E-state index is -0.949. The normalized spacial score (nSPS) is 11.0. The molecule has 0 saturated heterocycles. The molecule has 0 radical (unpaired) electrons. The Balaban J connectivity index is 0.000000187. The van der Waals surface area contributed by atoms with E-state index in [1.807, 2.05) is 58.9 Å². The maximum atomic E-state index is 14.0. The second kappa shape index (κ2) is 45.9. The molecule has 0 fully saturated rings. The fourth-order valence-electron chi connectivity index (χ4n) is 11.7. The molecule has 0 aliphatic heterocycles. The number of aromatic nitrogens is 17. The Kier molecular flexibility index (Phi) is 36.4. The predicted molar refractivity (Wildman–Crippen MR) is 486 cm³/mol. The molecule has 682 valence electrons. The molecule has 7 heterocycles. The summed E-state index contributed by atoms with van der Waals surface area (Å²) < 4.78 is 106. The van der Waals surface area contributed by atoms with Gasteiger partial charge in [-0.15, -0.1) is 15.3 Å². The van der Waals surface area contributed by atoms with Crippen molar-refractivity contribution in [1.82, 2.24) is 84.1 Å². The topological polar surface area (TPSA) is 309 Å². The standard InChI is InChI=1S/C14H14ClFN2O.C14H15ClN2O.2C13H13ClFN3O.C13H12ClFN2O.C12H10ClF2N3O.C12H11ClFN3O/c1-8(2)14(19)10-7-17-18(9(10)3)12-6-4-5-11(15)13(12)16;1-9(2)14(18)13-8-16-17(10(13)3)12-6-4-5-11(15)7-12;1-7(2)13(19)12-8(3)18(17-16-12)10-6-4-5-9(14)11(10)15;1-7(2)12(19)8-6-17-18(13(8)16)10-5-3-4-9(14)11(10)15;1-8(2)13(18)9-6-16-17(7-9)11-5-3-4-10(14)12(11)15;1-6(2)12(19)9-5-18(17-16-9)11-8(14)4-3-7(13)10(11)15;1-7(2)12(18)9-6-17(16-15-9)10-5-3-4-8(13)11(10)14/h4-8H,1-3H3;4-9H,1-3H3;4-7H,1-3H3;3-7H,16H2,1-2H3;3-8H,1-2H3;3-6H,1-2H3;3-7H,1-2H3. The van der Waals surface area contributed by atoms with Gasteiger partial charge >= 0.3 is 0 Å². The Bertz CT molecular complexity index is 6100. The Hall–Kier alpha value is -12.2. The van der Waals surface area contributed by atoms with Gasteiger partial charge in [0.25, 0.3) is 0 Å². The number of nitrogen functional groups attached to an aromatic ring is 1. The molecular formula is C91H88Cl7F7N18O7. The van der Waals surface area contributed by atoms with Crippen molar-refractivity contribution in [2.24, 2.45) is 41.4 Å². The molecule has 39 heteroatoms. The van der Waals surface area contributed by atoms with E-state index in [0.717, 1.165) is 28.2 Å². The van der Waals surface area contributed by atoms with E-state index >= 15 is 0 Å². The number of halogens is 14. The first-order chi connectivity index (χ1) is 61.2. The van der Waals surface area contributed by atoms with Gasteiger partial charge in [0, 0.05) is 52.6 Å². The SMILES string of the molecule is CC(C)C(=O)c1cn(-c2c(F)ccc(Cl)c2F)nn1.CC(C)C(=O)c1cn(-c2cccc(Cl)c2F)nn1.CC(C)C(=O)c1cnn(-c2cccc(Cl)c2F)c1.CC(C)C(=O)c1cnn(-c2cccc(Cl)c2F)c1N.Cc1c(C(=O)C(C)C)cnn1-c1cccc(Cl)c1.Cc1c(C(=O)C(C)C)cnn1-c1cccc(Cl)c1F.Cc1c(C(=O)C(C)C)nnn1-c1cccc(Cl)c1F. The smallest absolute Gasteiger partial charge is 0.187 e. The van der Waals surface area contributed by atoms with Gasteiger partial charge in [-0.05, 0) is 112 Å². The number of benzene rings is 7. The van der Waals surface area contributed by atoms with Crippen LogP contribution in [0.15, 0.2) is 171 Å². The minimum absolute atomic E-state index is 0.000244. The molecule has 0 saturated carbocycles. The van der Waals surface area contributed by atoms with Crippen LogP contribution in [0.25, 0.3) is 39.8 Å². The van der Waals surface area contributed by atoms with Gasteiger partial charge in [0.2, 0.25) is 0 Å². The molecule has 25 nitrogen and oxygen atoms in total. The van der Waals surface area contributed by atoms with Gasteiger partial charge in [-0.2, -0.15) is 20.4 Å². The first-order valence-electron chi connectivity index (χ1n) is 39.9. The molecule has 2 N–H and O–H groups in total. The van der Waals surface area contributed by atoms with Crippen LogP contribution in [0, 0.1) is 103 Å². The largest absolute Gasteiger partial charge is 0.383 e. The number of Topliss-reactive ketones (excluding diaryl/α,β-unsaturated/α-hetero) is 7. The van der Waals surface area contributed by atoms with E-state index in [9.17, 15) is 64.3 Å². The highest BCUT2D eigenvalue weighted by Crippen LogP contribution is 2.32. The van der Waals surface area contributed by atoms with Crippen molar-refractivity contribution in [3.63, 3.8) is 0 Å². The van der Waals surface area contributed by atoms with E-state index in [2.05, 4.69) is 51.3 Å². The molecule has 0 bridgehead atoms. The zero-order valence-corrected chi connectivity index (χ0v) is 78.3. The number of nitrogens with two attached hydrogens (primary N) is 1. The zero-order chi connectivity index (χ0) is 96.5. The first kappa shape index (κ1) is 103. The van der Waals surface area contributed by atoms with E-state index in [1.54, 1.807) is 136 Å². The van der Waals surface area contributed by atoms with Crippen LogP contribution in [-0.4, -0.2) is 125 Å². The summed E-state index contributed by atoms with van der Waals surface area (Å²) in [5.41, 5.74) is 11.6. The number of hydrogen-bond acceptors (Lipinski definition) is 18. The molecule has 0 aliphatic carbocycles. The van der Waals surface area contributed by atoms with Crippen molar-refractivity contribution < 1.29 is 64.3 Å². The lowest BCUT2D eigenvalue weighted by molar-refractivity contribution is 0.0926. The van der Waals surface area contributed by atoms with Crippen molar-refractivity contribution >= 4 is 128 Å². The maximum Gasteiger partial charge on any atom is 0.187 e. The van der Waals surface area contributed by atoms with E-state index in [4.69, 9.17) is 86.9 Å². The molecule has 14 rings (SSSR count). The quantitative estimate of drug-likeness (QED) is 0.0397. The third kappa shape index (κ3) is 24.9. The number of anilines is 1. The summed E-state index contributed by atoms with van der Waals surface area (Å²) in [6.45, 7) is 30.3. The van der Waals surface area contributed by atoms with E-state index in [0.29, 0.717) is 33.1 Å². The van der Waals surface area contributed by atoms with Gasteiger partial charge in [0.15, 0.2) is 86.9 Å². The highest BCUT2D eigenvalue weighted by molar-refractivity contribution is 6.33. The maximum absolute atomic E-state index is 14.0. The molecule has 14 aromatic rings. The highest BCUT2D eigenvalue weighted by Gasteiger charge is 2.28. The Morgan fingerprint density at radius 3 is 1.14 bits per heavy atom. The highest BCUT2D eigenvalue weighted by atomic mass is 35.5. The van der Waals surface area contributed by atoms with Crippen LogP contribution in [-0.2, 0) is 0 Å². The summed E-state index contributed by atoms with van der Waals surface area (Å²) in [5, 5.41) is 39.1. The van der Waals surface area contributed by atoms with Crippen LogP contribution < -0.4 is 5.73 Å². The average molecular weight is 1930 g/mol. The second-order valence-electron chi connectivity index (χ2n) is 30.8. The lowest BCUT2D eigenvalue weighted by atomic mass is 10.0. The number of nitrogens with zero attached hydrogens (tertiary/aromatic N) is 17. The summed E-state index contributed by atoms with van der Waals surface area (Å²) in [6.07, 6.45) is 9.96. The second-order valence-corrected chi connectivity index (χ2v) is 33.7. The molecule has 0 unspecified atom stereocenters. The number of hydrogen-bond donors (Lipinski definition) is 1. The van der Waals surface area contributed by atoms with Crippen molar-refractivity contribution in [2.75, 3.05) is 5.73 Å². The van der Waals surface area contributed by atoms with Gasteiger partial charge in [0.1, 0.15) is 51.3 Å². The van der Waals surface area contributed by atoms with Crippen molar-refractivity contribution in [1.29, 1.82) is 0 Å². The number of rotatable bonds is 21. The van der Waals surface area contributed by atoms with Crippen molar-refractivity contribution in [3.05, 3.63) is 303 Å². The van der Waals surface area contributed by atoms with E-state index in [1.165, 1.54) is 109 Å². The number of carbonyl (C=O) groups is 7. The van der Waals surface area contributed by atoms with Crippen molar-refractivity contribution in [3.8, 4) is 39.8 Å². The molecule has 0 aliphatic rings. The van der Waals surface area contributed by atoms with Crippen LogP contribution >= 0.6 is 81.2 Å². The van der Waals surface area contributed by atoms with Gasteiger partial charge in [0.05, 0.1) is 112 Å². The molecule has 7 aromatic carbocycles. The van der Waals surface area contributed by atoms with Gasteiger partial charge < -0.3 is 5.73 Å². The number of ketones is 7. The lowest BCUT2D eigenvalue weighted by Crippen LogP contribution is -2.11. The molecule has 7 aromatic heterocycles. The fraction of sp³-hybridized carbons (Fsp3) is 0.264. The van der Waals surface area contributed by atoms with Gasteiger partial charge in [-0.3, -0.25) is 33.6 Å². The Labute approximate surface area is 778 Å². The molecule has 130 heavy (non-hydrogen) atoms. The van der Waals surface area contributed by atoms with E-state index in [-0.39, 0.29) is 169 Å². The summed E-state index contributed by atoms with van der Waals surface area (Å²) in [7, 11) is 0. The molecule has 0 amide bonds. The fourth-order valence-corrected chi connectivity index (χ4v) is 12.9. The van der Waals surface area contributed by atoms with E-state index < -0.39 is 46.4 Å². The summed E-state index contributed by atoms with van der Waals surface area (Å²) in [4.78, 5) is 83.0. The summed E-state index contributed by atoms with van der Waals surface area (Å²) in [6, 6.07) is 32.5. The predicted octanol–water partition coefficient (Wildman–Crippen LogP) is 23.2. The first-order valence-corrected chi connectivity index (χ1v) is 42.5. The third-order valence-corrected chi connectivity index (χ3v) is 20.9. The average Bonchev–Trinajstić information content (AvgIpc) is 1.81.